The SMILES string of the molecule is CCn1c(C(=N)N=C(C)N)nc2c1CN(O)C2. The maximum atomic E-state index is 9.41. The Balaban J connectivity index is 2.41. The van der Waals surface area contributed by atoms with Gasteiger partial charge in [0.25, 0.3) is 0 Å². The Bertz CT molecular complexity index is 485. The molecule has 17 heavy (non-hydrogen) atoms. The molecule has 1 aliphatic heterocycles. The molecule has 0 radical (unpaired) electrons. The lowest BCUT2D eigenvalue weighted by atomic mass is 10.4. The van der Waals surface area contributed by atoms with Crippen LogP contribution >= 0.6 is 0 Å². The van der Waals surface area contributed by atoms with Gasteiger partial charge in [0, 0.05) is 6.54 Å². The zero-order valence-electron chi connectivity index (χ0n) is 9.93. The minimum atomic E-state index is 0.0609. The summed E-state index contributed by atoms with van der Waals surface area (Å²) < 4.78 is 1.89. The molecule has 0 aliphatic carbocycles. The molecular formula is C10H16N6O. The fourth-order valence-corrected chi connectivity index (χ4v) is 1.99. The van der Waals surface area contributed by atoms with Gasteiger partial charge in [0.05, 0.1) is 30.3 Å². The van der Waals surface area contributed by atoms with E-state index in [0.29, 0.717) is 31.3 Å². The normalized spacial score (nSPS) is 16.3. The highest BCUT2D eigenvalue weighted by Gasteiger charge is 2.26. The van der Waals surface area contributed by atoms with Crippen LogP contribution in [0.2, 0.25) is 0 Å². The molecule has 0 amide bonds. The van der Waals surface area contributed by atoms with Crippen molar-refractivity contribution in [2.45, 2.75) is 33.5 Å². The number of nitrogens with zero attached hydrogens (tertiary/aromatic N) is 4. The molecule has 2 heterocycles. The highest BCUT2D eigenvalue weighted by Crippen LogP contribution is 2.22. The molecule has 0 spiro atoms. The van der Waals surface area contributed by atoms with Crippen molar-refractivity contribution < 1.29 is 5.21 Å². The molecule has 4 N–H and O–H groups in total. The van der Waals surface area contributed by atoms with Gasteiger partial charge in [0.15, 0.2) is 11.7 Å². The molecule has 0 fully saturated rings. The van der Waals surface area contributed by atoms with Gasteiger partial charge in [-0.15, -0.1) is 0 Å². The number of hydrogen-bond donors (Lipinski definition) is 3. The van der Waals surface area contributed by atoms with E-state index in [1.165, 1.54) is 5.06 Å². The van der Waals surface area contributed by atoms with Crippen molar-refractivity contribution >= 4 is 11.7 Å². The van der Waals surface area contributed by atoms with Gasteiger partial charge < -0.3 is 15.5 Å². The van der Waals surface area contributed by atoms with Crippen LogP contribution in [0.5, 0.6) is 0 Å². The molecule has 7 nitrogen and oxygen atoms in total. The van der Waals surface area contributed by atoms with Crippen LogP contribution in [0.3, 0.4) is 0 Å². The highest BCUT2D eigenvalue weighted by atomic mass is 16.5. The number of hydrogen-bond acceptors (Lipinski definition) is 4. The third-order valence-corrected chi connectivity index (χ3v) is 2.64. The Kier molecular flexibility index (Phi) is 2.95. The number of aliphatic imine (C=N–C) groups is 1. The minimum absolute atomic E-state index is 0.0609. The molecule has 92 valence electrons. The van der Waals surface area contributed by atoms with Crippen LogP contribution in [0.1, 0.15) is 31.1 Å². The molecule has 0 atom stereocenters. The van der Waals surface area contributed by atoms with E-state index in [-0.39, 0.29) is 5.84 Å². The second kappa shape index (κ2) is 4.27. The summed E-state index contributed by atoms with van der Waals surface area (Å²) in [5.41, 5.74) is 7.21. The monoisotopic (exact) mass is 236 g/mol. The van der Waals surface area contributed by atoms with E-state index in [2.05, 4.69) is 9.98 Å². The van der Waals surface area contributed by atoms with E-state index in [1.807, 2.05) is 11.5 Å². The predicted octanol–water partition coefficient (Wildman–Crippen LogP) is 0.310. The predicted molar refractivity (Wildman–Crippen MR) is 63.1 cm³/mol. The second-order valence-electron chi connectivity index (χ2n) is 4.00. The molecule has 1 aliphatic rings. The first kappa shape index (κ1) is 11.7. The van der Waals surface area contributed by atoms with Gasteiger partial charge >= 0.3 is 0 Å². The fraction of sp³-hybridized carbons (Fsp3) is 0.500. The number of rotatable bonds is 2. The number of aromatic nitrogens is 2. The summed E-state index contributed by atoms with van der Waals surface area (Å²) in [6.07, 6.45) is 0. The second-order valence-corrected chi connectivity index (χ2v) is 4.00. The number of amidine groups is 2. The maximum absolute atomic E-state index is 9.41. The summed E-state index contributed by atoms with van der Waals surface area (Å²) in [4.78, 5) is 8.25. The maximum Gasteiger partial charge on any atom is 0.190 e. The Morgan fingerprint density at radius 3 is 2.88 bits per heavy atom. The summed E-state index contributed by atoms with van der Waals surface area (Å²) in [5, 5.41) is 18.5. The summed E-state index contributed by atoms with van der Waals surface area (Å²) in [6.45, 7) is 5.13. The highest BCUT2D eigenvalue weighted by molar-refractivity contribution is 6.01. The first-order valence-corrected chi connectivity index (χ1v) is 5.44. The fourth-order valence-electron chi connectivity index (χ4n) is 1.99. The molecule has 1 aromatic heterocycles. The van der Waals surface area contributed by atoms with Crippen molar-refractivity contribution in [1.82, 2.24) is 14.6 Å². The standard InChI is InChI=1S/C10H16N6O/c1-3-16-8-5-15(17)4-7(8)14-10(16)9(12)13-6(2)11/h17H,3-5H2,1-2H3,(H3,11,12,13). The van der Waals surface area contributed by atoms with Crippen molar-refractivity contribution in [2.75, 3.05) is 0 Å². The van der Waals surface area contributed by atoms with Gasteiger partial charge in [-0.1, -0.05) is 0 Å². The van der Waals surface area contributed by atoms with E-state index in [4.69, 9.17) is 11.1 Å². The van der Waals surface area contributed by atoms with Crippen LogP contribution in [-0.2, 0) is 19.6 Å². The number of fused-ring (bicyclic) bond motifs is 1. The summed E-state index contributed by atoms with van der Waals surface area (Å²) >= 11 is 0. The molecule has 0 saturated heterocycles. The number of nitrogens with two attached hydrogens (primary N) is 1. The summed E-state index contributed by atoms with van der Waals surface area (Å²) in [6, 6.07) is 0. The van der Waals surface area contributed by atoms with Crippen molar-refractivity contribution in [3.8, 4) is 0 Å². The molecular weight excluding hydrogens is 220 g/mol. The number of nitrogens with one attached hydrogen (secondary N) is 1. The van der Waals surface area contributed by atoms with E-state index in [9.17, 15) is 5.21 Å². The van der Waals surface area contributed by atoms with Crippen LogP contribution < -0.4 is 5.73 Å². The quantitative estimate of drug-likeness (QED) is 0.507. The lowest BCUT2D eigenvalue weighted by Crippen LogP contribution is -2.17. The first-order chi connectivity index (χ1) is 8.02. The van der Waals surface area contributed by atoms with Crippen LogP contribution in [0.4, 0.5) is 0 Å². The zero-order valence-corrected chi connectivity index (χ0v) is 9.93. The minimum Gasteiger partial charge on any atom is -0.387 e. The van der Waals surface area contributed by atoms with E-state index in [0.717, 1.165) is 11.4 Å². The average molecular weight is 236 g/mol. The van der Waals surface area contributed by atoms with Gasteiger partial charge in [-0.2, -0.15) is 5.06 Å². The third kappa shape index (κ3) is 2.06. The molecule has 1 aromatic rings. The average Bonchev–Trinajstić information content (AvgIpc) is 2.71. The molecule has 0 aromatic carbocycles. The number of hydroxylamine groups is 2. The van der Waals surface area contributed by atoms with Crippen molar-refractivity contribution in [3.05, 3.63) is 17.2 Å². The summed E-state index contributed by atoms with van der Waals surface area (Å²) in [5.74, 6) is 0.908. The topological polar surface area (TPSA) is 104 Å². The number of imidazole rings is 1. The molecule has 0 saturated carbocycles. The van der Waals surface area contributed by atoms with Crippen molar-refractivity contribution in [2.24, 2.45) is 10.7 Å². The largest absolute Gasteiger partial charge is 0.387 e. The smallest absolute Gasteiger partial charge is 0.190 e. The zero-order chi connectivity index (χ0) is 12.6. The molecule has 0 unspecified atom stereocenters. The Morgan fingerprint density at radius 1 is 1.59 bits per heavy atom. The van der Waals surface area contributed by atoms with Crippen LogP contribution in [0, 0.1) is 5.41 Å². The lowest BCUT2D eigenvalue weighted by molar-refractivity contribution is -0.0986. The van der Waals surface area contributed by atoms with Crippen molar-refractivity contribution in [3.63, 3.8) is 0 Å². The Hall–Kier alpha value is -1.73. The third-order valence-electron chi connectivity index (χ3n) is 2.64. The summed E-state index contributed by atoms with van der Waals surface area (Å²) in [7, 11) is 0. The van der Waals surface area contributed by atoms with E-state index < -0.39 is 0 Å². The lowest BCUT2D eigenvalue weighted by Gasteiger charge is -2.09. The van der Waals surface area contributed by atoms with Gasteiger partial charge in [0.1, 0.15) is 0 Å². The van der Waals surface area contributed by atoms with E-state index >= 15 is 0 Å². The Labute approximate surface area is 99.0 Å². The molecule has 2 rings (SSSR count). The van der Waals surface area contributed by atoms with E-state index in [1.54, 1.807) is 6.92 Å². The molecule has 7 heteroatoms. The first-order valence-electron chi connectivity index (χ1n) is 5.44. The Morgan fingerprint density at radius 2 is 2.29 bits per heavy atom. The van der Waals surface area contributed by atoms with Crippen LogP contribution in [-0.4, -0.2) is 31.5 Å². The van der Waals surface area contributed by atoms with Crippen LogP contribution in [0.25, 0.3) is 0 Å². The van der Waals surface area contributed by atoms with Crippen LogP contribution in [0.15, 0.2) is 4.99 Å². The van der Waals surface area contributed by atoms with Gasteiger partial charge in [-0.05, 0) is 13.8 Å². The van der Waals surface area contributed by atoms with Crippen molar-refractivity contribution in [1.29, 1.82) is 5.41 Å². The van der Waals surface area contributed by atoms with Gasteiger partial charge in [0.2, 0.25) is 0 Å². The molecule has 0 bridgehead atoms. The van der Waals surface area contributed by atoms with Gasteiger partial charge in [-0.3, -0.25) is 5.41 Å². The van der Waals surface area contributed by atoms with Gasteiger partial charge in [-0.25, -0.2) is 9.98 Å².